The molecule has 2 aromatic heterocycles. The van der Waals surface area contributed by atoms with Gasteiger partial charge >= 0.3 is 0 Å². The van der Waals surface area contributed by atoms with Crippen LogP contribution in [0, 0.1) is 0 Å². The van der Waals surface area contributed by atoms with Crippen LogP contribution in [0.5, 0.6) is 0 Å². The SMILES string of the molecule is CN1CCC(N(C)S(=O)(=O)c2cn(C)nc2-c2cccs2)CC1. The molecule has 0 saturated carbocycles. The van der Waals surface area contributed by atoms with Crippen LogP contribution >= 0.6 is 11.3 Å². The summed E-state index contributed by atoms with van der Waals surface area (Å²) in [5.41, 5.74) is 0.544. The van der Waals surface area contributed by atoms with Gasteiger partial charge < -0.3 is 4.90 Å². The molecular formula is C15H22N4O2S2. The predicted octanol–water partition coefficient (Wildman–Crippen LogP) is 1.86. The lowest BCUT2D eigenvalue weighted by Gasteiger charge is -2.34. The summed E-state index contributed by atoms with van der Waals surface area (Å²) >= 11 is 1.50. The van der Waals surface area contributed by atoms with Gasteiger partial charge in [-0.15, -0.1) is 11.3 Å². The summed E-state index contributed by atoms with van der Waals surface area (Å²) in [6, 6.07) is 3.86. The highest BCUT2D eigenvalue weighted by molar-refractivity contribution is 7.89. The van der Waals surface area contributed by atoms with Gasteiger partial charge in [-0.05, 0) is 44.4 Å². The molecular weight excluding hydrogens is 332 g/mol. The van der Waals surface area contributed by atoms with Gasteiger partial charge in [0.1, 0.15) is 10.6 Å². The molecule has 1 aliphatic rings. The van der Waals surface area contributed by atoms with Crippen LogP contribution in [0.15, 0.2) is 28.6 Å². The van der Waals surface area contributed by atoms with Crippen LogP contribution < -0.4 is 0 Å². The van der Waals surface area contributed by atoms with Gasteiger partial charge in [-0.3, -0.25) is 4.68 Å². The Hall–Kier alpha value is -1.22. The van der Waals surface area contributed by atoms with Crippen molar-refractivity contribution in [2.24, 2.45) is 7.05 Å². The van der Waals surface area contributed by atoms with E-state index >= 15 is 0 Å². The fourth-order valence-electron chi connectivity index (χ4n) is 2.95. The quantitative estimate of drug-likeness (QED) is 0.841. The van der Waals surface area contributed by atoms with E-state index in [1.165, 1.54) is 15.6 Å². The summed E-state index contributed by atoms with van der Waals surface area (Å²) in [5.74, 6) is 0. The summed E-state index contributed by atoms with van der Waals surface area (Å²) in [6.07, 6.45) is 3.33. The molecule has 126 valence electrons. The van der Waals surface area contributed by atoms with Crippen molar-refractivity contribution in [2.45, 2.75) is 23.8 Å². The van der Waals surface area contributed by atoms with E-state index in [-0.39, 0.29) is 6.04 Å². The van der Waals surface area contributed by atoms with Crippen LogP contribution in [0.4, 0.5) is 0 Å². The lowest BCUT2D eigenvalue weighted by Crippen LogP contribution is -2.44. The first-order chi connectivity index (χ1) is 10.9. The highest BCUT2D eigenvalue weighted by Gasteiger charge is 2.33. The van der Waals surface area contributed by atoms with Gasteiger partial charge in [0.25, 0.3) is 0 Å². The summed E-state index contributed by atoms with van der Waals surface area (Å²) in [6.45, 7) is 1.85. The van der Waals surface area contributed by atoms with Crippen LogP contribution in [-0.2, 0) is 17.1 Å². The number of hydrogen-bond donors (Lipinski definition) is 0. The zero-order valence-electron chi connectivity index (χ0n) is 13.6. The summed E-state index contributed by atoms with van der Waals surface area (Å²) < 4.78 is 29.3. The van der Waals surface area contributed by atoms with Gasteiger partial charge in [0.2, 0.25) is 10.0 Å². The summed E-state index contributed by atoms with van der Waals surface area (Å²) in [4.78, 5) is 3.41. The second-order valence-electron chi connectivity index (χ2n) is 6.05. The molecule has 0 atom stereocenters. The molecule has 0 N–H and O–H groups in total. The Balaban J connectivity index is 1.94. The fourth-order valence-corrected chi connectivity index (χ4v) is 5.33. The fraction of sp³-hybridized carbons (Fsp3) is 0.533. The van der Waals surface area contributed by atoms with Crippen molar-refractivity contribution < 1.29 is 8.42 Å². The van der Waals surface area contributed by atoms with Crippen molar-refractivity contribution in [3.05, 3.63) is 23.7 Å². The van der Waals surface area contributed by atoms with Crippen LogP contribution in [-0.4, -0.2) is 60.6 Å². The second kappa shape index (κ2) is 6.35. The van der Waals surface area contributed by atoms with Crippen LogP contribution in [0.25, 0.3) is 10.6 Å². The maximum absolute atomic E-state index is 13.1. The third kappa shape index (κ3) is 3.21. The lowest BCUT2D eigenvalue weighted by molar-refractivity contribution is 0.197. The highest BCUT2D eigenvalue weighted by Crippen LogP contribution is 2.32. The molecule has 1 aliphatic heterocycles. The van der Waals surface area contributed by atoms with Crippen molar-refractivity contribution in [1.82, 2.24) is 19.0 Å². The second-order valence-corrected chi connectivity index (χ2v) is 8.96. The highest BCUT2D eigenvalue weighted by atomic mass is 32.2. The van der Waals surface area contributed by atoms with E-state index in [4.69, 9.17) is 0 Å². The molecule has 8 heteroatoms. The number of piperidine rings is 1. The van der Waals surface area contributed by atoms with Crippen LogP contribution in [0.1, 0.15) is 12.8 Å². The molecule has 0 aromatic carbocycles. The monoisotopic (exact) mass is 354 g/mol. The average Bonchev–Trinajstić information content (AvgIpc) is 3.16. The zero-order chi connectivity index (χ0) is 16.6. The number of aryl methyl sites for hydroxylation is 1. The maximum Gasteiger partial charge on any atom is 0.246 e. The Labute approximate surface area is 141 Å². The first kappa shape index (κ1) is 16.6. The zero-order valence-corrected chi connectivity index (χ0v) is 15.3. The normalized spacial score (nSPS) is 17.9. The number of hydrogen-bond acceptors (Lipinski definition) is 5. The van der Waals surface area contributed by atoms with Crippen LogP contribution in [0.2, 0.25) is 0 Å². The predicted molar refractivity (Wildman–Crippen MR) is 92.0 cm³/mol. The number of likely N-dealkylation sites (tertiary alicyclic amines) is 1. The van der Waals surface area contributed by atoms with Crippen molar-refractivity contribution >= 4 is 21.4 Å². The topological polar surface area (TPSA) is 58.4 Å². The van der Waals surface area contributed by atoms with E-state index in [1.807, 2.05) is 17.5 Å². The molecule has 3 heterocycles. The number of sulfonamides is 1. The molecule has 3 rings (SSSR count). The Morgan fingerprint density at radius 3 is 2.61 bits per heavy atom. The first-order valence-electron chi connectivity index (χ1n) is 7.63. The van der Waals surface area contributed by atoms with Crippen LogP contribution in [0.3, 0.4) is 0 Å². The number of nitrogens with zero attached hydrogens (tertiary/aromatic N) is 4. The molecule has 6 nitrogen and oxygen atoms in total. The number of rotatable bonds is 4. The van der Waals surface area contributed by atoms with Crippen molar-refractivity contribution in [3.63, 3.8) is 0 Å². The Morgan fingerprint density at radius 2 is 2.00 bits per heavy atom. The lowest BCUT2D eigenvalue weighted by atomic mass is 10.1. The van der Waals surface area contributed by atoms with Gasteiger partial charge in [0, 0.05) is 26.3 Å². The molecule has 0 bridgehead atoms. The van der Waals surface area contributed by atoms with Gasteiger partial charge in [0.15, 0.2) is 0 Å². The van der Waals surface area contributed by atoms with E-state index in [0.29, 0.717) is 10.6 Å². The van der Waals surface area contributed by atoms with E-state index in [1.54, 1.807) is 25.0 Å². The Bertz CT molecular complexity index is 760. The van der Waals surface area contributed by atoms with Gasteiger partial charge in [-0.25, -0.2) is 8.42 Å². The Kier molecular flexibility index (Phi) is 4.59. The molecule has 0 aliphatic carbocycles. The van der Waals surface area contributed by atoms with E-state index in [0.717, 1.165) is 30.8 Å². The molecule has 0 spiro atoms. The first-order valence-corrected chi connectivity index (χ1v) is 9.95. The molecule has 0 unspecified atom stereocenters. The average molecular weight is 355 g/mol. The van der Waals surface area contributed by atoms with Gasteiger partial charge in [-0.1, -0.05) is 6.07 Å². The molecule has 23 heavy (non-hydrogen) atoms. The molecule has 0 amide bonds. The number of aromatic nitrogens is 2. The van der Waals surface area contributed by atoms with Crippen molar-refractivity contribution in [3.8, 4) is 10.6 Å². The maximum atomic E-state index is 13.1. The Morgan fingerprint density at radius 1 is 1.30 bits per heavy atom. The van der Waals surface area contributed by atoms with Crippen molar-refractivity contribution in [1.29, 1.82) is 0 Å². The van der Waals surface area contributed by atoms with E-state index in [2.05, 4.69) is 17.0 Å². The smallest absolute Gasteiger partial charge is 0.246 e. The minimum atomic E-state index is -3.55. The minimum absolute atomic E-state index is 0.0487. The number of thiophene rings is 1. The molecule has 1 saturated heterocycles. The molecule has 0 radical (unpaired) electrons. The molecule has 2 aromatic rings. The van der Waals surface area contributed by atoms with E-state index < -0.39 is 10.0 Å². The van der Waals surface area contributed by atoms with Crippen molar-refractivity contribution in [2.75, 3.05) is 27.2 Å². The minimum Gasteiger partial charge on any atom is -0.306 e. The summed E-state index contributed by atoms with van der Waals surface area (Å²) in [7, 11) is 1.96. The third-order valence-electron chi connectivity index (χ3n) is 4.41. The van der Waals surface area contributed by atoms with E-state index in [9.17, 15) is 8.42 Å². The third-order valence-corrected chi connectivity index (χ3v) is 7.20. The van der Waals surface area contributed by atoms with Gasteiger partial charge in [0.05, 0.1) is 4.88 Å². The molecule has 1 fully saturated rings. The largest absolute Gasteiger partial charge is 0.306 e. The van der Waals surface area contributed by atoms with Gasteiger partial charge in [-0.2, -0.15) is 9.40 Å². The standard InChI is InChI=1S/C15H22N4O2S2/c1-17-8-6-12(7-9-17)19(3)23(20,21)14-11-18(2)16-15(14)13-5-4-10-22-13/h4-5,10-12H,6-9H2,1-3H3. The summed E-state index contributed by atoms with van der Waals surface area (Å²) in [5, 5.41) is 6.30.